The monoisotopic (exact) mass is 373 g/mol. The summed E-state index contributed by atoms with van der Waals surface area (Å²) in [6.45, 7) is 0.722. The number of nitrogen functional groups attached to an aromatic ring is 1. The van der Waals surface area contributed by atoms with Gasteiger partial charge in [0.2, 0.25) is 5.91 Å². The molecule has 28 heavy (non-hydrogen) atoms. The Bertz CT molecular complexity index is 948. The molecule has 0 bridgehead atoms. The van der Waals surface area contributed by atoms with Crippen LogP contribution in [0.1, 0.15) is 11.1 Å². The molecule has 0 atom stereocenters. The van der Waals surface area contributed by atoms with Gasteiger partial charge in [-0.15, -0.1) is 0 Å². The smallest absolute Gasteiger partial charge is 0.248 e. The van der Waals surface area contributed by atoms with Crippen LogP contribution in [0.25, 0.3) is 6.08 Å². The number of ether oxygens (including phenoxy) is 1. The molecule has 0 aliphatic heterocycles. The first-order valence-electron chi connectivity index (χ1n) is 8.94. The normalized spacial score (nSPS) is 10.6. The number of para-hydroxylation sites is 2. The first-order valence-corrected chi connectivity index (χ1v) is 8.94. The molecular weight excluding hydrogens is 350 g/mol. The number of rotatable bonds is 7. The predicted octanol–water partition coefficient (Wildman–Crippen LogP) is 4.54. The van der Waals surface area contributed by atoms with Crippen molar-refractivity contribution in [3.8, 4) is 5.75 Å². The molecule has 0 unspecified atom stereocenters. The second kappa shape index (κ2) is 9.28. The van der Waals surface area contributed by atoms with Crippen molar-refractivity contribution in [1.82, 2.24) is 0 Å². The second-order valence-electron chi connectivity index (χ2n) is 6.23. The number of hydrogen-bond acceptors (Lipinski definition) is 4. The maximum absolute atomic E-state index is 12.0. The van der Waals surface area contributed by atoms with Crippen LogP contribution in [-0.4, -0.2) is 13.0 Å². The molecule has 0 spiro atoms. The average molecular weight is 373 g/mol. The third kappa shape index (κ3) is 5.38. The van der Waals surface area contributed by atoms with Crippen LogP contribution in [0.2, 0.25) is 0 Å². The Hall–Kier alpha value is -3.73. The minimum atomic E-state index is -0.223. The molecule has 3 aromatic carbocycles. The van der Waals surface area contributed by atoms with E-state index in [0.29, 0.717) is 11.4 Å². The van der Waals surface area contributed by atoms with Gasteiger partial charge in [-0.1, -0.05) is 36.4 Å². The number of carbonyl (C=O) groups is 1. The molecule has 3 rings (SSSR count). The summed E-state index contributed by atoms with van der Waals surface area (Å²) in [7, 11) is 1.66. The van der Waals surface area contributed by atoms with Gasteiger partial charge in [-0.25, -0.2) is 0 Å². The van der Waals surface area contributed by atoms with Crippen LogP contribution in [-0.2, 0) is 11.3 Å². The first kappa shape index (κ1) is 19.0. The van der Waals surface area contributed by atoms with E-state index in [1.807, 2.05) is 60.7 Å². The summed E-state index contributed by atoms with van der Waals surface area (Å²) in [4.78, 5) is 12.0. The van der Waals surface area contributed by atoms with Crippen LogP contribution >= 0.6 is 0 Å². The lowest BCUT2D eigenvalue weighted by atomic mass is 10.1. The largest absolute Gasteiger partial charge is 0.497 e. The highest BCUT2D eigenvalue weighted by molar-refractivity contribution is 6.03. The van der Waals surface area contributed by atoms with Crippen molar-refractivity contribution >= 4 is 29.0 Å². The molecule has 0 saturated carbocycles. The Morgan fingerprint density at radius 3 is 2.39 bits per heavy atom. The molecule has 0 radical (unpaired) electrons. The summed E-state index contributed by atoms with van der Waals surface area (Å²) in [6.07, 6.45) is 3.26. The van der Waals surface area contributed by atoms with Crippen molar-refractivity contribution in [2.24, 2.45) is 0 Å². The van der Waals surface area contributed by atoms with Gasteiger partial charge >= 0.3 is 0 Å². The zero-order valence-electron chi connectivity index (χ0n) is 15.7. The zero-order chi connectivity index (χ0) is 19.8. The zero-order valence-corrected chi connectivity index (χ0v) is 15.7. The van der Waals surface area contributed by atoms with Crippen LogP contribution in [0, 0.1) is 0 Å². The van der Waals surface area contributed by atoms with Crippen LogP contribution in [0.3, 0.4) is 0 Å². The number of methoxy groups -OCH3 is 1. The average Bonchev–Trinajstić information content (AvgIpc) is 2.73. The fourth-order valence-electron chi connectivity index (χ4n) is 2.62. The molecule has 0 aromatic heterocycles. The van der Waals surface area contributed by atoms with Crippen molar-refractivity contribution in [2.75, 3.05) is 23.5 Å². The molecule has 4 N–H and O–H groups in total. The van der Waals surface area contributed by atoms with Gasteiger partial charge in [-0.2, -0.15) is 0 Å². The highest BCUT2D eigenvalue weighted by Crippen LogP contribution is 2.17. The van der Waals surface area contributed by atoms with Gasteiger partial charge in [0.15, 0.2) is 0 Å². The number of amides is 1. The lowest BCUT2D eigenvalue weighted by Gasteiger charge is -2.08. The Kier molecular flexibility index (Phi) is 6.31. The number of carbonyl (C=O) groups excluding carboxylic acids is 1. The Balaban J connectivity index is 1.52. The van der Waals surface area contributed by atoms with Gasteiger partial charge < -0.3 is 21.1 Å². The lowest BCUT2D eigenvalue weighted by molar-refractivity contribution is -0.111. The number of benzene rings is 3. The van der Waals surface area contributed by atoms with E-state index in [-0.39, 0.29) is 5.91 Å². The van der Waals surface area contributed by atoms with Gasteiger partial charge in [-0.05, 0) is 53.6 Å². The van der Waals surface area contributed by atoms with Crippen LogP contribution in [0.4, 0.5) is 17.1 Å². The van der Waals surface area contributed by atoms with Gasteiger partial charge in [-0.3, -0.25) is 4.79 Å². The Labute approximate surface area is 164 Å². The molecule has 0 saturated heterocycles. The summed E-state index contributed by atoms with van der Waals surface area (Å²) in [6, 6.07) is 23.0. The van der Waals surface area contributed by atoms with E-state index in [4.69, 9.17) is 10.5 Å². The molecule has 0 aliphatic carbocycles. The molecule has 5 nitrogen and oxygen atoms in total. The predicted molar refractivity (Wildman–Crippen MR) is 115 cm³/mol. The van der Waals surface area contributed by atoms with Gasteiger partial charge in [0, 0.05) is 18.3 Å². The molecule has 0 aliphatic rings. The SMILES string of the molecule is COc1ccc(CNc2ccc(/C=C\C(=O)Nc3ccccc3N)cc2)cc1. The second-order valence-corrected chi connectivity index (χ2v) is 6.23. The van der Waals surface area contributed by atoms with E-state index in [0.717, 1.165) is 23.5 Å². The standard InChI is InChI=1S/C23H23N3O2/c1-28-20-13-8-18(9-14-20)16-25-19-11-6-17(7-12-19)10-15-23(27)26-22-5-3-2-4-21(22)24/h2-15,25H,16,24H2,1H3,(H,26,27)/b15-10-. The third-order valence-electron chi connectivity index (χ3n) is 4.21. The van der Waals surface area contributed by atoms with Crippen molar-refractivity contribution in [1.29, 1.82) is 0 Å². The molecule has 142 valence electrons. The van der Waals surface area contributed by atoms with Gasteiger partial charge in [0.1, 0.15) is 5.75 Å². The molecule has 0 heterocycles. The topological polar surface area (TPSA) is 76.4 Å². The number of hydrogen-bond donors (Lipinski definition) is 3. The number of nitrogens with one attached hydrogen (secondary N) is 2. The van der Waals surface area contributed by atoms with E-state index in [1.165, 1.54) is 11.6 Å². The maximum Gasteiger partial charge on any atom is 0.248 e. The summed E-state index contributed by atoms with van der Waals surface area (Å²) in [5.41, 5.74) is 10.1. The molecule has 0 fully saturated rings. The van der Waals surface area contributed by atoms with E-state index < -0.39 is 0 Å². The summed E-state index contributed by atoms with van der Waals surface area (Å²) >= 11 is 0. The lowest BCUT2D eigenvalue weighted by Crippen LogP contribution is -2.09. The van der Waals surface area contributed by atoms with Gasteiger partial charge in [0.25, 0.3) is 0 Å². The molecule has 5 heteroatoms. The Morgan fingerprint density at radius 1 is 1.00 bits per heavy atom. The van der Waals surface area contributed by atoms with Gasteiger partial charge in [0.05, 0.1) is 18.5 Å². The van der Waals surface area contributed by atoms with Crippen molar-refractivity contribution in [3.05, 3.63) is 90.0 Å². The third-order valence-corrected chi connectivity index (χ3v) is 4.21. The van der Waals surface area contributed by atoms with E-state index >= 15 is 0 Å². The van der Waals surface area contributed by atoms with Crippen molar-refractivity contribution in [3.63, 3.8) is 0 Å². The molecular formula is C23H23N3O2. The summed E-state index contributed by atoms with van der Waals surface area (Å²) in [5.74, 6) is 0.624. The quantitative estimate of drug-likeness (QED) is 0.420. The van der Waals surface area contributed by atoms with Crippen LogP contribution in [0.5, 0.6) is 5.75 Å². The van der Waals surface area contributed by atoms with Crippen molar-refractivity contribution < 1.29 is 9.53 Å². The van der Waals surface area contributed by atoms with Crippen molar-refractivity contribution in [2.45, 2.75) is 6.54 Å². The summed E-state index contributed by atoms with van der Waals surface area (Å²) in [5, 5.41) is 6.14. The first-order chi connectivity index (χ1) is 13.6. The fourth-order valence-corrected chi connectivity index (χ4v) is 2.62. The summed E-state index contributed by atoms with van der Waals surface area (Å²) < 4.78 is 5.16. The Morgan fingerprint density at radius 2 is 1.71 bits per heavy atom. The molecule has 1 amide bonds. The van der Waals surface area contributed by atoms with Crippen LogP contribution < -0.4 is 21.1 Å². The highest BCUT2D eigenvalue weighted by atomic mass is 16.5. The highest BCUT2D eigenvalue weighted by Gasteiger charge is 2.01. The van der Waals surface area contributed by atoms with Crippen LogP contribution in [0.15, 0.2) is 78.9 Å². The van der Waals surface area contributed by atoms with E-state index in [9.17, 15) is 4.79 Å². The minimum absolute atomic E-state index is 0.223. The molecule has 3 aromatic rings. The minimum Gasteiger partial charge on any atom is -0.497 e. The fraction of sp³-hybridized carbons (Fsp3) is 0.0870. The number of nitrogens with two attached hydrogens (primary N) is 1. The van der Waals surface area contributed by atoms with E-state index in [1.54, 1.807) is 25.3 Å². The maximum atomic E-state index is 12.0. The van der Waals surface area contributed by atoms with E-state index in [2.05, 4.69) is 10.6 Å². The number of anilines is 3.